The molecule has 0 spiro atoms. The van der Waals surface area contributed by atoms with Crippen LogP contribution in [-0.4, -0.2) is 24.7 Å². The molecule has 5 nitrogen and oxygen atoms in total. The van der Waals surface area contributed by atoms with Gasteiger partial charge in [0.05, 0.1) is 13.7 Å². The number of nitrogens with one attached hydrogen (secondary N) is 1. The standard InChI is InChI=1S/C14H16N2O3S/c1-4-19-11-7-5-6-10(8-11)15-14-16-12(9(2)20-14)13(17)18-3/h5-8H,4H2,1-3H3,(H,15,16). The Morgan fingerprint density at radius 3 is 2.95 bits per heavy atom. The van der Waals surface area contributed by atoms with E-state index in [0.717, 1.165) is 16.3 Å². The summed E-state index contributed by atoms with van der Waals surface area (Å²) in [6.07, 6.45) is 0. The summed E-state index contributed by atoms with van der Waals surface area (Å²) in [5.74, 6) is 0.369. The van der Waals surface area contributed by atoms with Crippen LogP contribution in [0.25, 0.3) is 0 Å². The lowest BCUT2D eigenvalue weighted by Crippen LogP contribution is -2.03. The largest absolute Gasteiger partial charge is 0.494 e. The van der Waals surface area contributed by atoms with Crippen LogP contribution in [0, 0.1) is 6.92 Å². The predicted octanol–water partition coefficient (Wildman–Crippen LogP) is 3.38. The maximum absolute atomic E-state index is 11.5. The van der Waals surface area contributed by atoms with E-state index in [4.69, 9.17) is 4.74 Å². The summed E-state index contributed by atoms with van der Waals surface area (Å²) in [5, 5.41) is 3.81. The molecule has 106 valence electrons. The monoisotopic (exact) mass is 292 g/mol. The van der Waals surface area contributed by atoms with Crippen molar-refractivity contribution < 1.29 is 14.3 Å². The first kappa shape index (κ1) is 14.3. The maximum atomic E-state index is 11.5. The summed E-state index contributed by atoms with van der Waals surface area (Å²) in [6, 6.07) is 7.59. The summed E-state index contributed by atoms with van der Waals surface area (Å²) in [5.41, 5.74) is 1.21. The minimum absolute atomic E-state index is 0.348. The number of aromatic nitrogens is 1. The van der Waals surface area contributed by atoms with Gasteiger partial charge in [0.2, 0.25) is 0 Å². The molecule has 2 aromatic rings. The molecule has 1 N–H and O–H groups in total. The molecular weight excluding hydrogens is 276 g/mol. The molecule has 0 saturated carbocycles. The van der Waals surface area contributed by atoms with E-state index in [1.807, 2.05) is 38.1 Å². The van der Waals surface area contributed by atoms with Crippen molar-refractivity contribution in [1.29, 1.82) is 0 Å². The van der Waals surface area contributed by atoms with Crippen molar-refractivity contribution in [3.8, 4) is 5.75 Å². The molecule has 0 aliphatic carbocycles. The first-order chi connectivity index (χ1) is 9.63. The fourth-order valence-corrected chi connectivity index (χ4v) is 2.51. The summed E-state index contributed by atoms with van der Waals surface area (Å²) in [4.78, 5) is 16.6. The van der Waals surface area contributed by atoms with Crippen LogP contribution in [0.5, 0.6) is 5.75 Å². The summed E-state index contributed by atoms with van der Waals surface area (Å²) >= 11 is 1.41. The van der Waals surface area contributed by atoms with Crippen molar-refractivity contribution in [1.82, 2.24) is 4.98 Å². The van der Waals surface area contributed by atoms with Crippen LogP contribution in [0.2, 0.25) is 0 Å². The highest BCUT2D eigenvalue weighted by atomic mass is 32.1. The second kappa shape index (κ2) is 6.38. The van der Waals surface area contributed by atoms with Crippen LogP contribution in [0.1, 0.15) is 22.3 Å². The van der Waals surface area contributed by atoms with Gasteiger partial charge < -0.3 is 14.8 Å². The lowest BCUT2D eigenvalue weighted by atomic mass is 10.3. The Bertz CT molecular complexity index is 610. The lowest BCUT2D eigenvalue weighted by molar-refractivity contribution is 0.0594. The zero-order valence-electron chi connectivity index (χ0n) is 11.6. The Labute approximate surface area is 121 Å². The van der Waals surface area contributed by atoms with Crippen LogP contribution in [0.3, 0.4) is 0 Å². The van der Waals surface area contributed by atoms with Gasteiger partial charge in [-0.2, -0.15) is 0 Å². The summed E-state index contributed by atoms with van der Waals surface area (Å²) < 4.78 is 10.1. The molecule has 2 rings (SSSR count). The third-order valence-corrected chi connectivity index (χ3v) is 3.46. The van der Waals surface area contributed by atoms with Crippen molar-refractivity contribution in [2.24, 2.45) is 0 Å². The zero-order chi connectivity index (χ0) is 14.5. The van der Waals surface area contributed by atoms with Crippen molar-refractivity contribution >= 4 is 28.1 Å². The fraction of sp³-hybridized carbons (Fsp3) is 0.286. The molecule has 1 aromatic heterocycles. The molecule has 0 fully saturated rings. The van der Waals surface area contributed by atoms with Crippen molar-refractivity contribution in [2.45, 2.75) is 13.8 Å². The number of thiazole rings is 1. The minimum atomic E-state index is -0.421. The maximum Gasteiger partial charge on any atom is 0.357 e. The average molecular weight is 292 g/mol. The molecule has 0 aliphatic rings. The van der Waals surface area contributed by atoms with Gasteiger partial charge >= 0.3 is 5.97 Å². The molecule has 0 atom stereocenters. The fourth-order valence-electron chi connectivity index (χ4n) is 1.69. The van der Waals surface area contributed by atoms with E-state index in [-0.39, 0.29) is 0 Å². The quantitative estimate of drug-likeness (QED) is 0.856. The third-order valence-electron chi connectivity index (χ3n) is 2.57. The zero-order valence-corrected chi connectivity index (χ0v) is 12.4. The molecule has 0 aliphatic heterocycles. The van der Waals surface area contributed by atoms with E-state index in [1.54, 1.807) is 0 Å². The number of esters is 1. The van der Waals surface area contributed by atoms with Crippen molar-refractivity contribution in [3.05, 3.63) is 34.8 Å². The van der Waals surface area contributed by atoms with Gasteiger partial charge in [-0.15, -0.1) is 11.3 Å². The number of hydrogen-bond acceptors (Lipinski definition) is 6. The molecule has 0 saturated heterocycles. The molecule has 6 heteroatoms. The molecule has 1 heterocycles. The molecule has 0 unspecified atom stereocenters. The van der Waals surface area contributed by atoms with Crippen LogP contribution in [-0.2, 0) is 4.74 Å². The number of aryl methyl sites for hydroxylation is 1. The van der Waals surface area contributed by atoms with Gasteiger partial charge in [-0.3, -0.25) is 0 Å². The number of rotatable bonds is 5. The van der Waals surface area contributed by atoms with Crippen LogP contribution in [0.4, 0.5) is 10.8 Å². The van der Waals surface area contributed by atoms with E-state index < -0.39 is 5.97 Å². The van der Waals surface area contributed by atoms with Gasteiger partial charge in [-0.25, -0.2) is 9.78 Å². The predicted molar refractivity (Wildman–Crippen MR) is 79.1 cm³/mol. The van der Waals surface area contributed by atoms with E-state index in [2.05, 4.69) is 15.0 Å². The van der Waals surface area contributed by atoms with Gasteiger partial charge in [0.25, 0.3) is 0 Å². The third kappa shape index (κ3) is 3.27. The van der Waals surface area contributed by atoms with Crippen LogP contribution < -0.4 is 10.1 Å². The van der Waals surface area contributed by atoms with E-state index >= 15 is 0 Å². The van der Waals surface area contributed by atoms with Gasteiger partial charge in [0.1, 0.15) is 5.75 Å². The highest BCUT2D eigenvalue weighted by molar-refractivity contribution is 7.15. The highest BCUT2D eigenvalue weighted by Crippen LogP contribution is 2.27. The number of anilines is 2. The normalized spacial score (nSPS) is 10.2. The van der Waals surface area contributed by atoms with Gasteiger partial charge in [-0.1, -0.05) is 6.07 Å². The highest BCUT2D eigenvalue weighted by Gasteiger charge is 2.15. The average Bonchev–Trinajstić information content (AvgIpc) is 2.79. The summed E-state index contributed by atoms with van der Waals surface area (Å²) in [7, 11) is 1.35. The molecule has 0 radical (unpaired) electrons. The smallest absolute Gasteiger partial charge is 0.357 e. The Balaban J connectivity index is 2.18. The lowest BCUT2D eigenvalue weighted by Gasteiger charge is -2.06. The number of ether oxygens (including phenoxy) is 2. The molecule has 0 amide bonds. The van der Waals surface area contributed by atoms with E-state index in [0.29, 0.717) is 17.4 Å². The molecular formula is C14H16N2O3S. The number of carbonyl (C=O) groups excluding carboxylic acids is 1. The van der Waals surface area contributed by atoms with Gasteiger partial charge in [0.15, 0.2) is 10.8 Å². The van der Waals surface area contributed by atoms with Crippen LogP contribution >= 0.6 is 11.3 Å². The molecule has 20 heavy (non-hydrogen) atoms. The second-order valence-corrected chi connectivity index (χ2v) is 5.20. The Kier molecular flexibility index (Phi) is 4.57. The van der Waals surface area contributed by atoms with Crippen molar-refractivity contribution in [3.63, 3.8) is 0 Å². The Hall–Kier alpha value is -2.08. The number of methoxy groups -OCH3 is 1. The molecule has 1 aromatic carbocycles. The topological polar surface area (TPSA) is 60.5 Å². The van der Waals surface area contributed by atoms with E-state index in [9.17, 15) is 4.79 Å². The Morgan fingerprint density at radius 1 is 1.45 bits per heavy atom. The SMILES string of the molecule is CCOc1cccc(Nc2nc(C(=O)OC)c(C)s2)c1. The molecule has 0 bridgehead atoms. The number of benzene rings is 1. The van der Waals surface area contributed by atoms with Crippen molar-refractivity contribution in [2.75, 3.05) is 19.0 Å². The number of nitrogens with zero attached hydrogens (tertiary/aromatic N) is 1. The van der Waals surface area contributed by atoms with E-state index in [1.165, 1.54) is 18.4 Å². The first-order valence-electron chi connectivity index (χ1n) is 6.19. The number of carbonyl (C=O) groups is 1. The number of hydrogen-bond donors (Lipinski definition) is 1. The van der Waals surface area contributed by atoms with Crippen LogP contribution in [0.15, 0.2) is 24.3 Å². The van der Waals surface area contributed by atoms with Gasteiger partial charge in [-0.05, 0) is 26.0 Å². The Morgan fingerprint density at radius 2 is 2.25 bits per heavy atom. The minimum Gasteiger partial charge on any atom is -0.494 e. The first-order valence-corrected chi connectivity index (χ1v) is 7.01. The van der Waals surface area contributed by atoms with Gasteiger partial charge in [0, 0.05) is 16.6 Å². The summed E-state index contributed by atoms with van der Waals surface area (Å²) in [6.45, 7) is 4.39. The second-order valence-electron chi connectivity index (χ2n) is 4.00.